The predicted molar refractivity (Wildman–Crippen MR) is 276 cm³/mol. The molecule has 10 aromatic carbocycles. The van der Waals surface area contributed by atoms with Crippen LogP contribution in [0.2, 0.25) is 0 Å². The van der Waals surface area contributed by atoms with Crippen LogP contribution in [0, 0.1) is 6.92 Å². The standard InChI is InChI=1S/C54H34N6O4S2/c1-20-13-24-17-25-14-21(2)28-11-12-34-31-8-4-6-23-16-26-15-22-5-3-7-29-30-10-9-27(20)40-37(24)45-38(25)42(28)49(48-44(36(23)31)39(26)43(35(22)29)46(41(30)40)47(45)48)60(34)54-58-52(55-32(18-65)50(61)62)57-53(59-54)56-33(19-66)51(63)64/h3-6,8-9,11-17,32-33,65-66H,1,7,10,18-19H2,2H3,(H,61,62)(H,63,64)(H2,55,56,57,58,59). The zero-order valence-corrected chi connectivity index (χ0v) is 36.9. The van der Waals surface area contributed by atoms with E-state index in [4.69, 9.17) is 9.97 Å². The molecule has 12 heteroatoms. The van der Waals surface area contributed by atoms with Crippen molar-refractivity contribution in [3.05, 3.63) is 99.4 Å². The number of benzene rings is 10. The number of carbonyl (C=O) groups is 2. The number of rotatable bonds is 9. The Morgan fingerprint density at radius 2 is 1.30 bits per heavy atom. The van der Waals surface area contributed by atoms with E-state index in [0.29, 0.717) is 0 Å². The SMILES string of the molecule is C=c1cc2cc3cc(C)c4ccc5c6cccc7cc8cc9c%10c(c%11c%12c(c1=CC%11)c2c1c3c4c(c2c(c76)c8c%10c%12c12)n5-c1nc(NC(CS)C(=O)O)nc(NC(CS)C(=O)O)n1)CC=C9. The average Bonchev–Trinajstić information content (AvgIpc) is 3.57. The Balaban J connectivity index is 1.29. The third-order valence-corrected chi connectivity index (χ3v) is 15.8. The van der Waals surface area contributed by atoms with Gasteiger partial charge in [-0.2, -0.15) is 40.2 Å². The van der Waals surface area contributed by atoms with Gasteiger partial charge in [-0.25, -0.2) is 9.59 Å². The second-order valence-electron chi connectivity index (χ2n) is 18.3. The van der Waals surface area contributed by atoms with Gasteiger partial charge in [0.15, 0.2) is 0 Å². The fourth-order valence-corrected chi connectivity index (χ4v) is 13.1. The third kappa shape index (κ3) is 4.26. The van der Waals surface area contributed by atoms with Crippen LogP contribution in [0.1, 0.15) is 22.3 Å². The minimum atomic E-state index is -1.16. The van der Waals surface area contributed by atoms with Gasteiger partial charge in [0.2, 0.25) is 17.8 Å². The molecule has 66 heavy (non-hydrogen) atoms. The highest BCUT2D eigenvalue weighted by Gasteiger charge is 2.34. The van der Waals surface area contributed by atoms with Crippen LogP contribution in [0.3, 0.4) is 0 Å². The second kappa shape index (κ2) is 12.3. The zero-order valence-electron chi connectivity index (χ0n) is 35.1. The molecule has 2 aliphatic carbocycles. The summed E-state index contributed by atoms with van der Waals surface area (Å²) in [7, 11) is 0. The van der Waals surface area contributed by atoms with Crippen molar-refractivity contribution in [2.45, 2.75) is 31.8 Å². The first kappa shape index (κ1) is 36.9. The number of aliphatic carboxylic acids is 2. The van der Waals surface area contributed by atoms with E-state index in [2.05, 4.69) is 138 Å². The molecule has 15 rings (SSSR count). The number of anilines is 2. The summed E-state index contributed by atoms with van der Waals surface area (Å²) in [6, 6.07) is 20.2. The molecule has 2 unspecified atom stereocenters. The van der Waals surface area contributed by atoms with Gasteiger partial charge >= 0.3 is 11.9 Å². The number of thiol groups is 2. The van der Waals surface area contributed by atoms with Crippen molar-refractivity contribution < 1.29 is 19.8 Å². The number of hydrogen-bond acceptors (Lipinski definition) is 9. The van der Waals surface area contributed by atoms with Crippen molar-refractivity contribution in [1.82, 2.24) is 19.5 Å². The van der Waals surface area contributed by atoms with E-state index in [-0.39, 0.29) is 29.4 Å². The molecule has 2 bridgehead atoms. The molecule has 3 heterocycles. The number of nitrogens with zero attached hydrogens (tertiary/aromatic N) is 4. The molecular formula is C54H34N6O4S2. The minimum Gasteiger partial charge on any atom is -0.480 e. The predicted octanol–water partition coefficient (Wildman–Crippen LogP) is 9.75. The summed E-state index contributed by atoms with van der Waals surface area (Å²) in [6.07, 6.45) is 8.72. The molecule has 0 aliphatic heterocycles. The van der Waals surface area contributed by atoms with E-state index < -0.39 is 24.0 Å². The van der Waals surface area contributed by atoms with Gasteiger partial charge in [0.25, 0.3) is 0 Å². The monoisotopic (exact) mass is 894 g/mol. The summed E-state index contributed by atoms with van der Waals surface area (Å²) >= 11 is 8.69. The number of nitrogens with one attached hydrogen (secondary N) is 2. The number of hydrogen-bond donors (Lipinski definition) is 6. The molecule has 0 spiro atoms. The van der Waals surface area contributed by atoms with Gasteiger partial charge in [0, 0.05) is 49.2 Å². The fraction of sp³-hybridized carbons (Fsp3) is 0.130. The maximum atomic E-state index is 12.5. The van der Waals surface area contributed by atoms with Gasteiger partial charge in [-0.3, -0.25) is 4.57 Å². The third-order valence-electron chi connectivity index (χ3n) is 15.1. The van der Waals surface area contributed by atoms with E-state index in [1.165, 1.54) is 86.5 Å². The Kier molecular flexibility index (Phi) is 6.86. The number of carboxylic acids is 2. The Labute approximate surface area is 383 Å². The molecule has 0 saturated heterocycles. The molecule has 3 aromatic heterocycles. The van der Waals surface area contributed by atoms with E-state index in [9.17, 15) is 19.8 Å². The van der Waals surface area contributed by atoms with Crippen LogP contribution >= 0.6 is 25.3 Å². The highest BCUT2D eigenvalue weighted by molar-refractivity contribution is 7.80. The van der Waals surface area contributed by atoms with Gasteiger partial charge in [-0.05, 0) is 153 Å². The van der Waals surface area contributed by atoms with E-state index >= 15 is 0 Å². The lowest BCUT2D eigenvalue weighted by atomic mass is 9.72. The normalized spacial score (nSPS) is 14.8. The Hall–Kier alpha value is -7.41. The average molecular weight is 895 g/mol. The van der Waals surface area contributed by atoms with Crippen LogP contribution < -0.4 is 21.1 Å². The van der Waals surface area contributed by atoms with Crippen LogP contribution in [0.25, 0.3) is 143 Å². The van der Waals surface area contributed by atoms with Crippen molar-refractivity contribution in [2.75, 3.05) is 22.1 Å². The first-order chi connectivity index (χ1) is 32.1. The van der Waals surface area contributed by atoms with Gasteiger partial charge < -0.3 is 20.8 Å². The highest BCUT2D eigenvalue weighted by Crippen LogP contribution is 2.59. The summed E-state index contributed by atoms with van der Waals surface area (Å²) in [5.41, 5.74) is 6.86. The smallest absolute Gasteiger partial charge is 0.327 e. The molecule has 4 N–H and O–H groups in total. The molecule has 316 valence electrons. The topological polar surface area (TPSA) is 142 Å². The quantitative estimate of drug-likeness (QED) is 0.0475. The highest BCUT2D eigenvalue weighted by atomic mass is 32.1. The molecule has 2 aliphatic rings. The van der Waals surface area contributed by atoms with Crippen LogP contribution in [0.4, 0.5) is 11.9 Å². The maximum Gasteiger partial charge on any atom is 0.327 e. The first-order valence-electron chi connectivity index (χ1n) is 22.1. The Bertz CT molecular complexity index is 4520. The van der Waals surface area contributed by atoms with E-state index in [0.717, 1.165) is 77.7 Å². The number of fused-ring (bicyclic) bond motifs is 3. The lowest BCUT2D eigenvalue weighted by molar-refractivity contribution is -0.138. The van der Waals surface area contributed by atoms with Crippen molar-refractivity contribution in [1.29, 1.82) is 0 Å². The number of allylic oxidation sites excluding steroid dienone is 1. The summed E-state index contributed by atoms with van der Waals surface area (Å²) < 4.78 is 2.12. The summed E-state index contributed by atoms with van der Waals surface area (Å²) in [5.74, 6) is -2.28. The van der Waals surface area contributed by atoms with Crippen molar-refractivity contribution in [3.8, 4) is 5.95 Å². The van der Waals surface area contributed by atoms with Crippen molar-refractivity contribution in [2.24, 2.45) is 0 Å². The summed E-state index contributed by atoms with van der Waals surface area (Å²) in [6.45, 7) is 6.86. The largest absolute Gasteiger partial charge is 0.480 e. The summed E-state index contributed by atoms with van der Waals surface area (Å²) in [5, 5.41) is 52.2. The van der Waals surface area contributed by atoms with Crippen LogP contribution in [0.5, 0.6) is 0 Å². The molecule has 10 nitrogen and oxygen atoms in total. The molecule has 0 fully saturated rings. The lowest BCUT2D eigenvalue weighted by Crippen LogP contribution is -2.34. The first-order valence-corrected chi connectivity index (χ1v) is 23.3. The molecule has 2 atom stereocenters. The van der Waals surface area contributed by atoms with Gasteiger partial charge in [0.05, 0.1) is 11.0 Å². The van der Waals surface area contributed by atoms with E-state index in [1.54, 1.807) is 0 Å². The van der Waals surface area contributed by atoms with E-state index in [1.807, 2.05) is 0 Å². The molecule has 0 saturated carbocycles. The number of aryl methyl sites for hydroxylation is 1. The molecule has 13 aromatic rings. The maximum absolute atomic E-state index is 12.5. The Morgan fingerprint density at radius 1 is 0.667 bits per heavy atom. The van der Waals surface area contributed by atoms with Crippen LogP contribution in [-0.4, -0.2) is 65.3 Å². The Morgan fingerprint density at radius 3 is 2.06 bits per heavy atom. The summed E-state index contributed by atoms with van der Waals surface area (Å²) in [4.78, 5) is 39.7. The van der Waals surface area contributed by atoms with Crippen LogP contribution in [-0.2, 0) is 22.4 Å². The van der Waals surface area contributed by atoms with Crippen molar-refractivity contribution >= 4 is 187 Å². The van der Waals surface area contributed by atoms with Crippen molar-refractivity contribution in [3.63, 3.8) is 0 Å². The molecule has 0 amide bonds. The van der Waals surface area contributed by atoms with Gasteiger partial charge in [-0.15, -0.1) is 0 Å². The van der Waals surface area contributed by atoms with Gasteiger partial charge in [-0.1, -0.05) is 55.1 Å². The zero-order chi connectivity index (χ0) is 44.3. The molecular weight excluding hydrogens is 861 g/mol. The van der Waals surface area contributed by atoms with Gasteiger partial charge in [0.1, 0.15) is 12.1 Å². The number of carboxylic acid groups (broad SMARTS) is 2. The van der Waals surface area contributed by atoms with Crippen LogP contribution in [0.15, 0.2) is 66.7 Å². The molecule has 0 radical (unpaired) electrons. The number of aromatic nitrogens is 4. The fourth-order valence-electron chi connectivity index (χ4n) is 12.6. The second-order valence-corrected chi connectivity index (χ2v) is 19.0. The minimum absolute atomic E-state index is 0.0438. The lowest BCUT2D eigenvalue weighted by Gasteiger charge is -2.30.